The van der Waals surface area contributed by atoms with Gasteiger partial charge in [-0.15, -0.1) is 0 Å². The molecule has 0 saturated carbocycles. The largest absolute Gasteiger partial charge is 0.497 e. The van der Waals surface area contributed by atoms with Crippen LogP contribution >= 0.6 is 0 Å². The van der Waals surface area contributed by atoms with Gasteiger partial charge in [-0.2, -0.15) is 0 Å². The highest BCUT2D eigenvalue weighted by molar-refractivity contribution is 5.97. The molecule has 7 nitrogen and oxygen atoms in total. The lowest BCUT2D eigenvalue weighted by molar-refractivity contribution is -0.120. The Morgan fingerprint density at radius 1 is 1.04 bits per heavy atom. The molecule has 0 radical (unpaired) electrons. The normalized spacial score (nSPS) is 11.7. The van der Waals surface area contributed by atoms with Gasteiger partial charge in [-0.3, -0.25) is 9.59 Å². The fourth-order valence-corrected chi connectivity index (χ4v) is 2.31. The number of carbonyl (C=O) groups is 2. The van der Waals surface area contributed by atoms with Gasteiger partial charge in [0, 0.05) is 12.1 Å². The number of hydrogen-bond donors (Lipinski definition) is 2. The van der Waals surface area contributed by atoms with Crippen LogP contribution < -0.4 is 24.8 Å². The van der Waals surface area contributed by atoms with E-state index in [2.05, 4.69) is 10.6 Å². The Balaban J connectivity index is 1.46. The van der Waals surface area contributed by atoms with Crippen molar-refractivity contribution in [2.45, 2.75) is 6.54 Å². The first-order chi connectivity index (χ1) is 12.2. The van der Waals surface area contributed by atoms with Crippen LogP contribution in [0.15, 0.2) is 42.5 Å². The SMILES string of the molecule is COc1ccc(CNC(=O)CNC(=O)c2ccc3c(c2)OCO3)cc1. The first-order valence-electron chi connectivity index (χ1n) is 7.73. The maximum Gasteiger partial charge on any atom is 0.251 e. The first kappa shape index (κ1) is 16.6. The number of rotatable bonds is 6. The van der Waals surface area contributed by atoms with Crippen molar-refractivity contribution in [3.8, 4) is 17.2 Å². The monoisotopic (exact) mass is 342 g/mol. The van der Waals surface area contributed by atoms with Crippen molar-refractivity contribution in [1.29, 1.82) is 0 Å². The average molecular weight is 342 g/mol. The second-order valence-electron chi connectivity index (χ2n) is 5.38. The van der Waals surface area contributed by atoms with Crippen molar-refractivity contribution in [3.05, 3.63) is 53.6 Å². The Kier molecular flexibility index (Phi) is 5.03. The minimum Gasteiger partial charge on any atom is -0.497 e. The molecule has 1 aliphatic rings. The molecule has 0 saturated heterocycles. The Morgan fingerprint density at radius 2 is 1.80 bits per heavy atom. The highest BCUT2D eigenvalue weighted by atomic mass is 16.7. The Hall–Kier alpha value is -3.22. The summed E-state index contributed by atoms with van der Waals surface area (Å²) in [7, 11) is 1.60. The number of carbonyl (C=O) groups excluding carboxylic acids is 2. The van der Waals surface area contributed by atoms with Crippen molar-refractivity contribution in [2.75, 3.05) is 20.4 Å². The summed E-state index contributed by atoms with van der Waals surface area (Å²) >= 11 is 0. The summed E-state index contributed by atoms with van der Waals surface area (Å²) in [5.41, 5.74) is 1.35. The van der Waals surface area contributed by atoms with Gasteiger partial charge < -0.3 is 24.8 Å². The molecule has 7 heteroatoms. The van der Waals surface area contributed by atoms with Crippen LogP contribution in [0, 0.1) is 0 Å². The molecule has 25 heavy (non-hydrogen) atoms. The van der Waals surface area contributed by atoms with Gasteiger partial charge in [0.15, 0.2) is 11.5 Å². The van der Waals surface area contributed by atoms with Gasteiger partial charge >= 0.3 is 0 Å². The van der Waals surface area contributed by atoms with E-state index in [1.54, 1.807) is 25.3 Å². The van der Waals surface area contributed by atoms with Crippen LogP contribution in [0.3, 0.4) is 0 Å². The topological polar surface area (TPSA) is 85.9 Å². The summed E-state index contributed by atoms with van der Waals surface area (Å²) in [6.07, 6.45) is 0. The minimum atomic E-state index is -0.349. The number of nitrogens with one attached hydrogen (secondary N) is 2. The van der Waals surface area contributed by atoms with E-state index in [-0.39, 0.29) is 25.2 Å². The third kappa shape index (κ3) is 4.20. The van der Waals surface area contributed by atoms with Gasteiger partial charge in [0.2, 0.25) is 12.7 Å². The van der Waals surface area contributed by atoms with E-state index in [1.165, 1.54) is 0 Å². The maximum atomic E-state index is 12.1. The molecule has 0 spiro atoms. The molecular formula is C18H18N2O5. The van der Waals surface area contributed by atoms with E-state index >= 15 is 0 Å². The van der Waals surface area contributed by atoms with E-state index in [1.807, 2.05) is 24.3 Å². The van der Waals surface area contributed by atoms with Gasteiger partial charge in [0.05, 0.1) is 13.7 Å². The molecular weight excluding hydrogens is 324 g/mol. The van der Waals surface area contributed by atoms with Crippen molar-refractivity contribution < 1.29 is 23.8 Å². The summed E-state index contributed by atoms with van der Waals surface area (Å²) in [4.78, 5) is 24.0. The molecule has 130 valence electrons. The molecule has 2 amide bonds. The van der Waals surface area contributed by atoms with E-state index in [0.29, 0.717) is 23.6 Å². The predicted octanol–water partition coefficient (Wildman–Crippen LogP) is 1.47. The van der Waals surface area contributed by atoms with E-state index in [0.717, 1.165) is 11.3 Å². The zero-order valence-electron chi connectivity index (χ0n) is 13.7. The lowest BCUT2D eigenvalue weighted by atomic mass is 10.2. The summed E-state index contributed by atoms with van der Waals surface area (Å²) < 4.78 is 15.5. The lowest BCUT2D eigenvalue weighted by Gasteiger charge is -2.08. The molecule has 0 atom stereocenters. The smallest absolute Gasteiger partial charge is 0.251 e. The molecule has 2 N–H and O–H groups in total. The second-order valence-corrected chi connectivity index (χ2v) is 5.38. The lowest BCUT2D eigenvalue weighted by Crippen LogP contribution is -2.36. The fourth-order valence-electron chi connectivity index (χ4n) is 2.31. The number of ether oxygens (including phenoxy) is 3. The Bertz CT molecular complexity index is 774. The summed E-state index contributed by atoms with van der Waals surface area (Å²) in [5, 5.41) is 5.32. The van der Waals surface area contributed by atoms with Crippen LogP contribution in [0.25, 0.3) is 0 Å². The zero-order chi connectivity index (χ0) is 17.6. The fraction of sp³-hybridized carbons (Fsp3) is 0.222. The van der Waals surface area contributed by atoms with E-state index in [9.17, 15) is 9.59 Å². The molecule has 0 aromatic heterocycles. The van der Waals surface area contributed by atoms with Crippen LogP contribution in [0.5, 0.6) is 17.2 Å². The number of methoxy groups -OCH3 is 1. The van der Waals surface area contributed by atoms with Crippen molar-refractivity contribution in [1.82, 2.24) is 10.6 Å². The predicted molar refractivity (Wildman–Crippen MR) is 89.7 cm³/mol. The quantitative estimate of drug-likeness (QED) is 0.830. The first-order valence-corrected chi connectivity index (χ1v) is 7.73. The van der Waals surface area contributed by atoms with Crippen LogP contribution in [0.4, 0.5) is 0 Å². The van der Waals surface area contributed by atoms with Gasteiger partial charge in [-0.25, -0.2) is 0 Å². The van der Waals surface area contributed by atoms with Crippen molar-refractivity contribution in [2.24, 2.45) is 0 Å². The van der Waals surface area contributed by atoms with Crippen LogP contribution in [0.1, 0.15) is 15.9 Å². The third-order valence-corrected chi connectivity index (χ3v) is 3.69. The van der Waals surface area contributed by atoms with Gasteiger partial charge in [-0.1, -0.05) is 12.1 Å². The average Bonchev–Trinajstić information content (AvgIpc) is 3.12. The van der Waals surface area contributed by atoms with Crippen LogP contribution in [-0.2, 0) is 11.3 Å². The molecule has 0 unspecified atom stereocenters. The highest BCUT2D eigenvalue weighted by Crippen LogP contribution is 2.32. The summed E-state index contributed by atoms with van der Waals surface area (Å²) in [6.45, 7) is 0.417. The number of hydrogen-bond acceptors (Lipinski definition) is 5. The van der Waals surface area contributed by atoms with Crippen LogP contribution in [0.2, 0.25) is 0 Å². The standard InChI is InChI=1S/C18H18N2O5/c1-23-14-5-2-12(3-6-14)9-19-17(21)10-20-18(22)13-4-7-15-16(8-13)25-11-24-15/h2-8H,9-11H2,1H3,(H,19,21)(H,20,22). The van der Waals surface area contributed by atoms with Gasteiger partial charge in [0.1, 0.15) is 5.75 Å². The minimum absolute atomic E-state index is 0.108. The number of benzene rings is 2. The summed E-state index contributed by atoms with van der Waals surface area (Å²) in [5.74, 6) is 1.26. The van der Waals surface area contributed by atoms with Gasteiger partial charge in [-0.05, 0) is 35.9 Å². The Morgan fingerprint density at radius 3 is 2.56 bits per heavy atom. The van der Waals surface area contributed by atoms with E-state index < -0.39 is 0 Å². The van der Waals surface area contributed by atoms with Crippen molar-refractivity contribution >= 4 is 11.8 Å². The molecule has 0 fully saturated rings. The Labute approximate surface area is 144 Å². The molecule has 2 aromatic carbocycles. The van der Waals surface area contributed by atoms with Gasteiger partial charge in [0.25, 0.3) is 5.91 Å². The molecule has 1 heterocycles. The van der Waals surface area contributed by atoms with Crippen molar-refractivity contribution in [3.63, 3.8) is 0 Å². The second kappa shape index (κ2) is 7.57. The highest BCUT2D eigenvalue weighted by Gasteiger charge is 2.16. The van der Waals surface area contributed by atoms with E-state index in [4.69, 9.17) is 14.2 Å². The zero-order valence-corrected chi connectivity index (χ0v) is 13.7. The number of amides is 2. The molecule has 0 aliphatic carbocycles. The summed E-state index contributed by atoms with van der Waals surface area (Å²) in [6, 6.07) is 12.3. The maximum absolute atomic E-state index is 12.1. The third-order valence-electron chi connectivity index (χ3n) is 3.69. The molecule has 0 bridgehead atoms. The molecule has 2 aromatic rings. The molecule has 3 rings (SSSR count). The van der Waals surface area contributed by atoms with Crippen LogP contribution in [-0.4, -0.2) is 32.3 Å². The number of fused-ring (bicyclic) bond motifs is 1. The molecule has 1 aliphatic heterocycles.